The lowest BCUT2D eigenvalue weighted by atomic mass is 10.2. The number of hydrogen-bond donors (Lipinski definition) is 2. The highest BCUT2D eigenvalue weighted by molar-refractivity contribution is 5.78. The Bertz CT molecular complexity index is 338. The van der Waals surface area contributed by atoms with Gasteiger partial charge in [-0.3, -0.25) is 9.78 Å². The highest BCUT2D eigenvalue weighted by Gasteiger charge is 2.03. The van der Waals surface area contributed by atoms with Crippen LogP contribution in [0.15, 0.2) is 18.3 Å². The number of nitrogen functional groups attached to an aromatic ring is 1. The van der Waals surface area contributed by atoms with E-state index >= 15 is 0 Å². The van der Waals surface area contributed by atoms with E-state index in [0.29, 0.717) is 18.7 Å². The van der Waals surface area contributed by atoms with Gasteiger partial charge in [0, 0.05) is 26.0 Å². The fourth-order valence-electron chi connectivity index (χ4n) is 1.37. The fraction of sp³-hybridized carbons (Fsp3) is 0.500. The van der Waals surface area contributed by atoms with E-state index in [1.54, 1.807) is 25.4 Å². The number of ether oxygens (including phenoxy) is 1. The number of nitrogens with one attached hydrogen (secondary N) is 1. The van der Waals surface area contributed by atoms with Crippen LogP contribution in [0.1, 0.15) is 18.5 Å². The van der Waals surface area contributed by atoms with Crippen LogP contribution in [-0.2, 0) is 16.0 Å². The molecule has 0 aliphatic carbocycles. The van der Waals surface area contributed by atoms with Gasteiger partial charge < -0.3 is 15.8 Å². The first-order chi connectivity index (χ1) is 8.22. The average Bonchev–Trinajstić information content (AvgIpc) is 2.32. The number of carbonyl (C=O) groups excluding carboxylic acids is 1. The second-order valence-electron chi connectivity index (χ2n) is 3.81. The first kappa shape index (κ1) is 13.4. The quantitative estimate of drug-likeness (QED) is 0.686. The molecular formula is C12H19N3O2. The molecule has 0 radical (unpaired) electrons. The molecule has 0 spiro atoms. The summed E-state index contributed by atoms with van der Waals surface area (Å²) in [6.07, 6.45) is 3.73. The number of nitrogens with zero attached hydrogens (tertiary/aromatic N) is 1. The molecule has 0 saturated carbocycles. The smallest absolute Gasteiger partial charge is 0.226 e. The molecule has 0 fully saturated rings. The average molecular weight is 237 g/mol. The third-order valence-corrected chi connectivity index (χ3v) is 2.29. The van der Waals surface area contributed by atoms with E-state index in [1.807, 2.05) is 0 Å². The van der Waals surface area contributed by atoms with Crippen LogP contribution in [0.3, 0.4) is 0 Å². The van der Waals surface area contributed by atoms with Crippen molar-refractivity contribution in [2.45, 2.75) is 19.3 Å². The molecule has 94 valence electrons. The highest BCUT2D eigenvalue weighted by Crippen LogP contribution is 2.01. The first-order valence-corrected chi connectivity index (χ1v) is 5.68. The zero-order valence-electron chi connectivity index (χ0n) is 10.1. The molecule has 0 atom stereocenters. The number of methoxy groups -OCH3 is 1. The maximum absolute atomic E-state index is 11.5. The molecule has 0 saturated heterocycles. The zero-order valence-corrected chi connectivity index (χ0v) is 10.1. The molecule has 5 nitrogen and oxygen atoms in total. The summed E-state index contributed by atoms with van der Waals surface area (Å²) in [5, 5.41) is 2.84. The molecule has 17 heavy (non-hydrogen) atoms. The van der Waals surface area contributed by atoms with Gasteiger partial charge in [0.25, 0.3) is 0 Å². The Morgan fingerprint density at radius 2 is 2.29 bits per heavy atom. The van der Waals surface area contributed by atoms with Crippen LogP contribution in [0, 0.1) is 0 Å². The van der Waals surface area contributed by atoms with Gasteiger partial charge in [0.2, 0.25) is 5.91 Å². The van der Waals surface area contributed by atoms with Crippen LogP contribution in [-0.4, -0.2) is 31.2 Å². The van der Waals surface area contributed by atoms with E-state index in [2.05, 4.69) is 10.3 Å². The topological polar surface area (TPSA) is 77.2 Å². The molecular weight excluding hydrogens is 218 g/mol. The van der Waals surface area contributed by atoms with Crippen molar-refractivity contribution in [1.82, 2.24) is 10.3 Å². The van der Waals surface area contributed by atoms with Crippen LogP contribution in [0.4, 0.5) is 5.69 Å². The summed E-state index contributed by atoms with van der Waals surface area (Å²) in [6, 6.07) is 3.51. The number of pyridine rings is 1. The maximum Gasteiger partial charge on any atom is 0.226 e. The second kappa shape index (κ2) is 7.62. The molecule has 1 aromatic heterocycles. The van der Waals surface area contributed by atoms with E-state index < -0.39 is 0 Å². The first-order valence-electron chi connectivity index (χ1n) is 5.68. The SMILES string of the molecule is COCCCCNC(=O)Cc1ccc(N)cn1. The van der Waals surface area contributed by atoms with Crippen LogP contribution < -0.4 is 11.1 Å². The lowest BCUT2D eigenvalue weighted by molar-refractivity contribution is -0.120. The van der Waals surface area contributed by atoms with Crippen LogP contribution in [0.5, 0.6) is 0 Å². The summed E-state index contributed by atoms with van der Waals surface area (Å²) >= 11 is 0. The number of amides is 1. The van der Waals surface area contributed by atoms with E-state index in [-0.39, 0.29) is 5.91 Å². The Morgan fingerprint density at radius 1 is 1.47 bits per heavy atom. The van der Waals surface area contributed by atoms with Crippen molar-refractivity contribution in [3.8, 4) is 0 Å². The van der Waals surface area contributed by atoms with E-state index in [0.717, 1.165) is 25.1 Å². The number of carbonyl (C=O) groups is 1. The van der Waals surface area contributed by atoms with Crippen molar-refractivity contribution in [2.75, 3.05) is 26.0 Å². The van der Waals surface area contributed by atoms with E-state index in [4.69, 9.17) is 10.5 Å². The van der Waals surface area contributed by atoms with Gasteiger partial charge in [0.1, 0.15) is 0 Å². The monoisotopic (exact) mass is 237 g/mol. The fourth-order valence-corrected chi connectivity index (χ4v) is 1.37. The Labute approximate surface area is 101 Å². The Morgan fingerprint density at radius 3 is 2.94 bits per heavy atom. The maximum atomic E-state index is 11.5. The molecule has 1 heterocycles. The van der Waals surface area contributed by atoms with Gasteiger partial charge in [0.15, 0.2) is 0 Å². The Balaban J connectivity index is 2.18. The summed E-state index contributed by atoms with van der Waals surface area (Å²) in [5.41, 5.74) is 6.84. The molecule has 1 rings (SSSR count). The van der Waals surface area contributed by atoms with Crippen molar-refractivity contribution in [3.05, 3.63) is 24.0 Å². The van der Waals surface area contributed by atoms with Crippen molar-refractivity contribution < 1.29 is 9.53 Å². The summed E-state index contributed by atoms with van der Waals surface area (Å²) < 4.78 is 4.92. The van der Waals surface area contributed by atoms with Gasteiger partial charge in [0.05, 0.1) is 18.3 Å². The summed E-state index contributed by atoms with van der Waals surface area (Å²) in [6.45, 7) is 1.41. The second-order valence-corrected chi connectivity index (χ2v) is 3.81. The zero-order chi connectivity index (χ0) is 12.5. The van der Waals surface area contributed by atoms with Gasteiger partial charge in [-0.05, 0) is 25.0 Å². The standard InChI is InChI=1S/C12H19N3O2/c1-17-7-3-2-6-14-12(16)8-11-5-4-10(13)9-15-11/h4-5,9H,2-3,6-8,13H2,1H3,(H,14,16). The lowest BCUT2D eigenvalue weighted by Crippen LogP contribution is -2.26. The van der Waals surface area contributed by atoms with Gasteiger partial charge in [-0.15, -0.1) is 0 Å². The number of rotatable bonds is 7. The molecule has 0 aliphatic rings. The van der Waals surface area contributed by atoms with E-state index in [9.17, 15) is 4.79 Å². The Kier molecular flexibility index (Phi) is 6.03. The number of aromatic nitrogens is 1. The predicted molar refractivity (Wildman–Crippen MR) is 66.5 cm³/mol. The third kappa shape index (κ3) is 5.87. The van der Waals surface area contributed by atoms with Crippen molar-refractivity contribution >= 4 is 11.6 Å². The summed E-state index contributed by atoms with van der Waals surface area (Å²) in [7, 11) is 1.67. The largest absolute Gasteiger partial charge is 0.397 e. The van der Waals surface area contributed by atoms with Crippen LogP contribution in [0.2, 0.25) is 0 Å². The van der Waals surface area contributed by atoms with Gasteiger partial charge in [-0.2, -0.15) is 0 Å². The number of nitrogens with two attached hydrogens (primary N) is 1. The molecule has 0 aromatic carbocycles. The van der Waals surface area contributed by atoms with Gasteiger partial charge in [-0.25, -0.2) is 0 Å². The number of hydrogen-bond acceptors (Lipinski definition) is 4. The molecule has 3 N–H and O–H groups in total. The minimum atomic E-state index is -0.0142. The highest BCUT2D eigenvalue weighted by atomic mass is 16.5. The molecule has 0 unspecified atom stereocenters. The van der Waals surface area contributed by atoms with Crippen molar-refractivity contribution in [1.29, 1.82) is 0 Å². The molecule has 1 aromatic rings. The van der Waals surface area contributed by atoms with Crippen molar-refractivity contribution in [3.63, 3.8) is 0 Å². The number of anilines is 1. The van der Waals surface area contributed by atoms with Crippen molar-refractivity contribution in [2.24, 2.45) is 0 Å². The molecule has 0 bridgehead atoms. The Hall–Kier alpha value is -1.62. The third-order valence-electron chi connectivity index (χ3n) is 2.29. The molecule has 0 aliphatic heterocycles. The predicted octanol–water partition coefficient (Wildman–Crippen LogP) is 0.749. The number of unbranched alkanes of at least 4 members (excludes halogenated alkanes) is 1. The normalized spacial score (nSPS) is 10.2. The summed E-state index contributed by atoms with van der Waals surface area (Å²) in [4.78, 5) is 15.6. The van der Waals surface area contributed by atoms with E-state index in [1.165, 1.54) is 0 Å². The van der Waals surface area contributed by atoms with Crippen LogP contribution in [0.25, 0.3) is 0 Å². The lowest BCUT2D eigenvalue weighted by Gasteiger charge is -2.04. The minimum Gasteiger partial charge on any atom is -0.397 e. The van der Waals surface area contributed by atoms with Gasteiger partial charge >= 0.3 is 0 Å². The van der Waals surface area contributed by atoms with Crippen LogP contribution >= 0.6 is 0 Å². The molecule has 5 heteroatoms. The minimum absolute atomic E-state index is 0.0142. The van der Waals surface area contributed by atoms with Gasteiger partial charge in [-0.1, -0.05) is 0 Å². The summed E-state index contributed by atoms with van der Waals surface area (Å²) in [5.74, 6) is -0.0142. The molecule has 1 amide bonds.